The lowest BCUT2D eigenvalue weighted by molar-refractivity contribution is -0.152. The van der Waals surface area contributed by atoms with Gasteiger partial charge in [0.25, 0.3) is 0 Å². The molecular formula is C26H31NO5. The molecule has 2 fully saturated rings. The number of ether oxygens (including phenoxy) is 2. The smallest absolute Gasteiger partial charge is 0.410 e. The third-order valence-corrected chi connectivity index (χ3v) is 6.29. The Balaban J connectivity index is 1.34. The monoisotopic (exact) mass is 437 g/mol. The van der Waals surface area contributed by atoms with Crippen LogP contribution in [0.1, 0.15) is 68.1 Å². The highest BCUT2D eigenvalue weighted by molar-refractivity contribution is 5.76. The van der Waals surface area contributed by atoms with Gasteiger partial charge in [0, 0.05) is 19.0 Å². The Hall–Kier alpha value is -3.02. The van der Waals surface area contributed by atoms with Gasteiger partial charge in [0.1, 0.15) is 12.4 Å². The van der Waals surface area contributed by atoms with Gasteiger partial charge in [-0.15, -0.1) is 0 Å². The van der Waals surface area contributed by atoms with Gasteiger partial charge in [-0.05, 0) is 74.3 Å². The Kier molecular flexibility index (Phi) is 6.40. The van der Waals surface area contributed by atoms with E-state index in [1.165, 1.54) is 32.3 Å². The van der Waals surface area contributed by atoms with Gasteiger partial charge in [-0.1, -0.05) is 36.4 Å². The summed E-state index contributed by atoms with van der Waals surface area (Å²) in [6.45, 7) is 4.58. The largest absolute Gasteiger partial charge is 0.478 e. The molecule has 2 aromatic rings. The first kappa shape index (κ1) is 22.2. The predicted octanol–water partition coefficient (Wildman–Crippen LogP) is 5.32. The molecule has 0 aromatic heterocycles. The number of hydrogen-bond donors (Lipinski definition) is 1. The fourth-order valence-corrected chi connectivity index (χ4v) is 4.12. The first-order valence-corrected chi connectivity index (χ1v) is 11.3. The molecule has 1 saturated carbocycles. The van der Waals surface area contributed by atoms with Crippen LogP contribution in [0.5, 0.6) is 5.75 Å². The molecule has 1 aliphatic heterocycles. The molecule has 6 nitrogen and oxygen atoms in total. The van der Waals surface area contributed by atoms with Crippen LogP contribution in [0.25, 0.3) is 0 Å². The molecule has 1 N–H and O–H groups in total. The van der Waals surface area contributed by atoms with Gasteiger partial charge in [0.05, 0.1) is 0 Å². The topological polar surface area (TPSA) is 76.1 Å². The second-order valence-electron chi connectivity index (χ2n) is 9.35. The molecule has 32 heavy (non-hydrogen) atoms. The summed E-state index contributed by atoms with van der Waals surface area (Å²) in [5.74, 6) is 0.377. The van der Waals surface area contributed by atoms with E-state index in [1.54, 1.807) is 11.0 Å². The van der Waals surface area contributed by atoms with E-state index in [2.05, 4.69) is 12.1 Å². The lowest BCUT2D eigenvalue weighted by atomic mass is 9.90. The molecule has 0 radical (unpaired) electrons. The van der Waals surface area contributed by atoms with Crippen molar-refractivity contribution < 1.29 is 24.2 Å². The predicted molar refractivity (Wildman–Crippen MR) is 121 cm³/mol. The van der Waals surface area contributed by atoms with Gasteiger partial charge < -0.3 is 19.5 Å². The summed E-state index contributed by atoms with van der Waals surface area (Å²) in [6, 6.07) is 15.9. The average molecular weight is 438 g/mol. The zero-order valence-electron chi connectivity index (χ0n) is 18.8. The zero-order chi connectivity index (χ0) is 22.7. The lowest BCUT2D eigenvalue weighted by Crippen LogP contribution is -2.39. The normalized spacial score (nSPS) is 18.8. The fourth-order valence-electron chi connectivity index (χ4n) is 4.12. The quantitative estimate of drug-likeness (QED) is 0.634. The number of amides is 1. The van der Waals surface area contributed by atoms with E-state index in [0.29, 0.717) is 18.8 Å². The SMILES string of the molecule is CC(C)(Oc1cccc([C@H]2CCCN(C(=O)OCc3ccc(C4CC4)cc3)C2)c1)C(=O)O. The Morgan fingerprint density at radius 1 is 1.03 bits per heavy atom. The molecule has 0 bridgehead atoms. The molecule has 0 spiro atoms. The van der Waals surface area contributed by atoms with Gasteiger partial charge >= 0.3 is 12.1 Å². The number of carbonyl (C=O) groups is 2. The first-order chi connectivity index (χ1) is 15.3. The molecule has 1 aliphatic carbocycles. The molecule has 170 valence electrons. The van der Waals surface area contributed by atoms with Crippen molar-refractivity contribution >= 4 is 12.1 Å². The Bertz CT molecular complexity index is 964. The summed E-state index contributed by atoms with van der Waals surface area (Å²) >= 11 is 0. The third-order valence-electron chi connectivity index (χ3n) is 6.29. The third kappa shape index (κ3) is 5.42. The number of carbonyl (C=O) groups excluding carboxylic acids is 1. The van der Waals surface area contributed by atoms with Crippen molar-refractivity contribution in [2.45, 2.75) is 63.6 Å². The Morgan fingerprint density at radius 3 is 2.47 bits per heavy atom. The molecule has 1 amide bonds. The standard InChI is InChI=1S/C26H31NO5/c1-26(2,24(28)29)32-23-7-3-5-21(15-23)22-6-4-14-27(16-22)25(30)31-17-18-8-10-19(11-9-18)20-12-13-20/h3,5,7-11,15,20,22H,4,6,12-14,16-17H2,1-2H3,(H,28,29)/t22-/m0/s1. The molecule has 2 aromatic carbocycles. The number of benzene rings is 2. The number of aliphatic carboxylic acids is 1. The summed E-state index contributed by atoms with van der Waals surface area (Å²) in [5, 5.41) is 9.31. The Morgan fingerprint density at radius 2 is 1.78 bits per heavy atom. The van der Waals surface area contributed by atoms with Crippen LogP contribution >= 0.6 is 0 Å². The van der Waals surface area contributed by atoms with Crippen molar-refractivity contribution in [3.8, 4) is 5.75 Å². The van der Waals surface area contributed by atoms with E-state index < -0.39 is 11.6 Å². The second kappa shape index (κ2) is 9.23. The number of piperidine rings is 1. The summed E-state index contributed by atoms with van der Waals surface area (Å²) in [4.78, 5) is 25.8. The molecule has 4 rings (SSSR count). The van der Waals surface area contributed by atoms with Crippen molar-refractivity contribution in [2.24, 2.45) is 0 Å². The highest BCUT2D eigenvalue weighted by atomic mass is 16.6. The highest BCUT2D eigenvalue weighted by Gasteiger charge is 2.30. The number of rotatable bonds is 7. The van der Waals surface area contributed by atoms with Crippen molar-refractivity contribution in [3.05, 3.63) is 65.2 Å². The van der Waals surface area contributed by atoms with Crippen LogP contribution in [0.2, 0.25) is 0 Å². The maximum atomic E-state index is 12.7. The number of likely N-dealkylation sites (tertiary alicyclic amines) is 1. The van der Waals surface area contributed by atoms with Crippen LogP contribution in [0.4, 0.5) is 4.79 Å². The Labute approximate surface area is 189 Å². The summed E-state index contributed by atoms with van der Waals surface area (Å²) in [7, 11) is 0. The molecule has 1 atom stereocenters. The van der Waals surface area contributed by atoms with Crippen molar-refractivity contribution in [3.63, 3.8) is 0 Å². The minimum atomic E-state index is -1.31. The fraction of sp³-hybridized carbons (Fsp3) is 0.462. The summed E-state index contributed by atoms with van der Waals surface area (Å²) < 4.78 is 11.3. The molecular weight excluding hydrogens is 406 g/mol. The second-order valence-corrected chi connectivity index (χ2v) is 9.35. The molecule has 1 saturated heterocycles. The van der Waals surface area contributed by atoms with Crippen LogP contribution in [-0.4, -0.2) is 40.8 Å². The number of carboxylic acid groups (broad SMARTS) is 1. The minimum Gasteiger partial charge on any atom is -0.478 e. The molecule has 2 aliphatic rings. The minimum absolute atomic E-state index is 0.158. The molecule has 1 heterocycles. The maximum absolute atomic E-state index is 12.7. The van der Waals surface area contributed by atoms with E-state index in [1.807, 2.05) is 30.3 Å². The average Bonchev–Trinajstić information content (AvgIpc) is 3.63. The number of nitrogens with zero attached hydrogens (tertiary/aromatic N) is 1. The lowest BCUT2D eigenvalue weighted by Gasteiger charge is -2.32. The van der Waals surface area contributed by atoms with E-state index in [0.717, 1.165) is 29.9 Å². The van der Waals surface area contributed by atoms with Crippen LogP contribution in [-0.2, 0) is 16.1 Å². The van der Waals surface area contributed by atoms with Crippen molar-refractivity contribution in [2.75, 3.05) is 13.1 Å². The van der Waals surface area contributed by atoms with E-state index in [4.69, 9.17) is 9.47 Å². The van der Waals surface area contributed by atoms with Gasteiger partial charge in [-0.3, -0.25) is 0 Å². The maximum Gasteiger partial charge on any atom is 0.410 e. The van der Waals surface area contributed by atoms with E-state index in [-0.39, 0.29) is 18.6 Å². The summed E-state index contributed by atoms with van der Waals surface area (Å²) in [5.41, 5.74) is 2.11. The molecule has 0 unspecified atom stereocenters. The van der Waals surface area contributed by atoms with Gasteiger partial charge in [-0.25, -0.2) is 9.59 Å². The van der Waals surface area contributed by atoms with Crippen LogP contribution in [0.15, 0.2) is 48.5 Å². The zero-order valence-corrected chi connectivity index (χ0v) is 18.8. The van der Waals surface area contributed by atoms with Crippen LogP contribution < -0.4 is 4.74 Å². The highest BCUT2D eigenvalue weighted by Crippen LogP contribution is 2.40. The van der Waals surface area contributed by atoms with Gasteiger partial charge in [0.2, 0.25) is 0 Å². The van der Waals surface area contributed by atoms with Crippen molar-refractivity contribution in [1.82, 2.24) is 4.90 Å². The number of carboxylic acids is 1. The summed E-state index contributed by atoms with van der Waals surface area (Å²) in [6.07, 6.45) is 4.10. The van der Waals surface area contributed by atoms with E-state index >= 15 is 0 Å². The number of hydrogen-bond acceptors (Lipinski definition) is 4. The molecule has 6 heteroatoms. The van der Waals surface area contributed by atoms with Gasteiger partial charge in [0.15, 0.2) is 5.60 Å². The van der Waals surface area contributed by atoms with E-state index in [9.17, 15) is 14.7 Å². The van der Waals surface area contributed by atoms with Crippen molar-refractivity contribution in [1.29, 1.82) is 0 Å². The van der Waals surface area contributed by atoms with Crippen LogP contribution in [0.3, 0.4) is 0 Å². The van der Waals surface area contributed by atoms with Crippen LogP contribution in [0, 0.1) is 0 Å². The first-order valence-electron chi connectivity index (χ1n) is 11.3. The van der Waals surface area contributed by atoms with Gasteiger partial charge in [-0.2, -0.15) is 0 Å².